The van der Waals surface area contributed by atoms with Crippen molar-refractivity contribution in [1.29, 1.82) is 0 Å². The highest BCUT2D eigenvalue weighted by molar-refractivity contribution is 7.17. The summed E-state index contributed by atoms with van der Waals surface area (Å²) >= 11 is 0.718. The van der Waals surface area contributed by atoms with Crippen LogP contribution in [0.3, 0.4) is 0 Å². The fourth-order valence-corrected chi connectivity index (χ4v) is 2.64. The van der Waals surface area contributed by atoms with E-state index < -0.39 is 17.0 Å². The molecule has 0 amide bonds. The van der Waals surface area contributed by atoms with Crippen molar-refractivity contribution >= 4 is 28.1 Å². The first-order chi connectivity index (χ1) is 10.8. The molecule has 1 aromatic carbocycles. The minimum atomic E-state index is -0.967. The Morgan fingerprint density at radius 2 is 1.87 bits per heavy atom. The summed E-state index contributed by atoms with van der Waals surface area (Å²) in [6.45, 7) is 5.32. The Kier molecular flexibility index (Phi) is 4.90. The van der Waals surface area contributed by atoms with Crippen molar-refractivity contribution in [3.05, 3.63) is 62.0 Å². The van der Waals surface area contributed by atoms with E-state index in [-0.39, 0.29) is 15.7 Å². The van der Waals surface area contributed by atoms with Crippen molar-refractivity contribution in [2.75, 3.05) is 0 Å². The maximum Gasteiger partial charge on any atom is 0.349 e. The van der Waals surface area contributed by atoms with Gasteiger partial charge in [-0.25, -0.2) is 4.79 Å². The van der Waals surface area contributed by atoms with Crippen molar-refractivity contribution in [2.45, 2.75) is 26.9 Å². The summed E-state index contributed by atoms with van der Waals surface area (Å²) in [5.41, 5.74) is 2.51. The average molecular weight is 333 g/mol. The van der Waals surface area contributed by atoms with E-state index in [1.165, 1.54) is 19.1 Å². The van der Waals surface area contributed by atoms with E-state index in [1.54, 1.807) is 12.1 Å². The Labute approximate surface area is 136 Å². The van der Waals surface area contributed by atoms with Crippen LogP contribution in [0.4, 0.5) is 5.00 Å². The number of aryl methyl sites for hydroxylation is 2. The van der Waals surface area contributed by atoms with Gasteiger partial charge in [0.25, 0.3) is 0 Å². The van der Waals surface area contributed by atoms with Crippen molar-refractivity contribution in [1.82, 2.24) is 0 Å². The Hall–Kier alpha value is -2.54. The van der Waals surface area contributed by atoms with Gasteiger partial charge in [0.2, 0.25) is 5.78 Å². The van der Waals surface area contributed by atoms with Crippen LogP contribution in [0.5, 0.6) is 0 Å². The third kappa shape index (κ3) is 3.81. The number of thiophene rings is 1. The summed E-state index contributed by atoms with van der Waals surface area (Å²) in [4.78, 5) is 34.4. The number of hydrogen-bond donors (Lipinski definition) is 0. The zero-order valence-corrected chi connectivity index (χ0v) is 13.7. The SMILES string of the molecule is Cc1ccc(C(=O)[C@@H](C)OC(=O)c2ccc([N+](=O)[O-])s2)cc1C. The van der Waals surface area contributed by atoms with Crippen LogP contribution in [0.1, 0.15) is 38.1 Å². The second kappa shape index (κ2) is 6.70. The molecule has 0 spiro atoms. The number of benzene rings is 1. The standard InChI is InChI=1S/C16H15NO5S/c1-9-4-5-12(8-10(9)2)15(18)11(3)22-16(19)13-6-7-14(23-13)17(20)21/h4-8,11H,1-3H3/t11-/m1/s1. The Bertz CT molecular complexity index is 781. The lowest BCUT2D eigenvalue weighted by molar-refractivity contribution is -0.380. The number of rotatable bonds is 5. The molecule has 120 valence electrons. The van der Waals surface area contributed by atoms with Gasteiger partial charge in [0, 0.05) is 11.6 Å². The van der Waals surface area contributed by atoms with Crippen LogP contribution in [0.25, 0.3) is 0 Å². The number of hydrogen-bond acceptors (Lipinski definition) is 6. The molecule has 6 nitrogen and oxygen atoms in total. The summed E-state index contributed by atoms with van der Waals surface area (Å²) in [6, 6.07) is 7.82. The minimum absolute atomic E-state index is 0.0939. The van der Waals surface area contributed by atoms with Gasteiger partial charge in [-0.1, -0.05) is 23.5 Å². The molecular weight excluding hydrogens is 318 g/mol. The van der Waals surface area contributed by atoms with E-state index in [1.807, 2.05) is 19.9 Å². The van der Waals surface area contributed by atoms with E-state index in [9.17, 15) is 19.7 Å². The van der Waals surface area contributed by atoms with Crippen molar-refractivity contribution < 1.29 is 19.2 Å². The quantitative estimate of drug-likeness (QED) is 0.360. The zero-order chi connectivity index (χ0) is 17.1. The van der Waals surface area contributed by atoms with Gasteiger partial charge in [-0.15, -0.1) is 0 Å². The molecule has 0 unspecified atom stereocenters. The van der Waals surface area contributed by atoms with Crippen LogP contribution in [0.15, 0.2) is 30.3 Å². The van der Waals surface area contributed by atoms with E-state index >= 15 is 0 Å². The molecule has 0 aliphatic carbocycles. The molecule has 1 atom stereocenters. The van der Waals surface area contributed by atoms with Gasteiger partial charge in [0.15, 0.2) is 6.10 Å². The monoisotopic (exact) mass is 333 g/mol. The lowest BCUT2D eigenvalue weighted by Gasteiger charge is -2.12. The molecular formula is C16H15NO5S. The average Bonchev–Trinajstić information content (AvgIpc) is 2.99. The van der Waals surface area contributed by atoms with E-state index in [0.29, 0.717) is 5.56 Å². The first kappa shape index (κ1) is 16.8. The van der Waals surface area contributed by atoms with Gasteiger partial charge in [0.1, 0.15) is 4.88 Å². The molecule has 23 heavy (non-hydrogen) atoms. The predicted octanol–water partition coefficient (Wildman–Crippen LogP) is 3.70. The van der Waals surface area contributed by atoms with Crippen LogP contribution >= 0.6 is 11.3 Å². The van der Waals surface area contributed by atoms with Crippen molar-refractivity contribution in [3.63, 3.8) is 0 Å². The normalized spacial score (nSPS) is 11.8. The Morgan fingerprint density at radius 1 is 1.17 bits per heavy atom. The van der Waals surface area contributed by atoms with Gasteiger partial charge in [0.05, 0.1) is 4.92 Å². The second-order valence-corrected chi connectivity index (χ2v) is 6.17. The number of Topliss-reactive ketones (excluding diaryl/α,β-unsaturated/α-hetero) is 1. The van der Waals surface area contributed by atoms with Gasteiger partial charge in [-0.2, -0.15) is 0 Å². The van der Waals surface area contributed by atoms with E-state index in [2.05, 4.69) is 0 Å². The number of carbonyl (C=O) groups is 2. The maximum absolute atomic E-state index is 12.3. The zero-order valence-electron chi connectivity index (χ0n) is 12.9. The van der Waals surface area contributed by atoms with Crippen LogP contribution < -0.4 is 0 Å². The third-order valence-corrected chi connectivity index (χ3v) is 4.43. The molecule has 0 bridgehead atoms. The summed E-state index contributed by atoms with van der Waals surface area (Å²) in [6.07, 6.45) is -0.967. The summed E-state index contributed by atoms with van der Waals surface area (Å²) in [7, 11) is 0. The van der Waals surface area contributed by atoms with Crippen molar-refractivity contribution in [3.8, 4) is 0 Å². The molecule has 0 saturated carbocycles. The first-order valence-corrected chi connectivity index (χ1v) is 7.68. The molecule has 0 aliphatic heterocycles. The topological polar surface area (TPSA) is 86.5 Å². The minimum Gasteiger partial charge on any atom is -0.450 e. The van der Waals surface area contributed by atoms with Gasteiger partial charge >= 0.3 is 11.0 Å². The molecule has 0 radical (unpaired) electrons. The fraction of sp³-hybridized carbons (Fsp3) is 0.250. The lowest BCUT2D eigenvalue weighted by atomic mass is 10.0. The van der Waals surface area contributed by atoms with E-state index in [4.69, 9.17) is 4.74 Å². The highest BCUT2D eigenvalue weighted by Gasteiger charge is 2.23. The molecule has 1 heterocycles. The molecule has 2 rings (SSSR count). The van der Waals surface area contributed by atoms with E-state index in [0.717, 1.165) is 22.5 Å². The molecule has 0 aliphatic rings. The largest absolute Gasteiger partial charge is 0.450 e. The number of esters is 1. The first-order valence-electron chi connectivity index (χ1n) is 6.86. The van der Waals surface area contributed by atoms with Gasteiger partial charge in [-0.05, 0) is 44.0 Å². The predicted molar refractivity (Wildman–Crippen MR) is 86.1 cm³/mol. The molecule has 2 aromatic rings. The molecule has 1 aromatic heterocycles. The highest BCUT2D eigenvalue weighted by Crippen LogP contribution is 2.25. The molecule has 0 saturated heterocycles. The summed E-state index contributed by atoms with van der Waals surface area (Å²) in [5.74, 6) is -1.06. The van der Waals surface area contributed by atoms with Crippen LogP contribution in [0.2, 0.25) is 0 Å². The number of carbonyl (C=O) groups excluding carboxylic acids is 2. The Morgan fingerprint density at radius 3 is 2.43 bits per heavy atom. The van der Waals surface area contributed by atoms with Crippen LogP contribution in [-0.4, -0.2) is 22.8 Å². The molecule has 7 heteroatoms. The number of ether oxygens (including phenoxy) is 1. The van der Waals surface area contributed by atoms with Gasteiger partial charge in [-0.3, -0.25) is 14.9 Å². The third-order valence-electron chi connectivity index (χ3n) is 3.42. The number of nitrogens with zero attached hydrogens (tertiary/aromatic N) is 1. The van der Waals surface area contributed by atoms with Crippen LogP contribution in [0, 0.1) is 24.0 Å². The lowest BCUT2D eigenvalue weighted by Crippen LogP contribution is -2.24. The van der Waals surface area contributed by atoms with Crippen molar-refractivity contribution in [2.24, 2.45) is 0 Å². The van der Waals surface area contributed by atoms with Gasteiger partial charge < -0.3 is 4.74 Å². The van der Waals surface area contributed by atoms with Crippen LogP contribution in [-0.2, 0) is 4.74 Å². The number of nitro groups is 1. The second-order valence-electron chi connectivity index (χ2n) is 5.11. The Balaban J connectivity index is 2.09. The maximum atomic E-state index is 12.3. The number of ketones is 1. The molecule has 0 fully saturated rings. The summed E-state index contributed by atoms with van der Waals surface area (Å²) < 4.78 is 5.12. The summed E-state index contributed by atoms with van der Waals surface area (Å²) in [5, 5.41) is 10.5. The highest BCUT2D eigenvalue weighted by atomic mass is 32.1. The smallest absolute Gasteiger partial charge is 0.349 e. The fourth-order valence-electron chi connectivity index (χ4n) is 1.94. The molecule has 0 N–H and O–H groups in total.